The molecule has 0 saturated carbocycles. The fourth-order valence-electron chi connectivity index (χ4n) is 8.51. The van der Waals surface area contributed by atoms with Crippen LogP contribution in [-0.2, 0) is 59.1 Å². The summed E-state index contributed by atoms with van der Waals surface area (Å²) in [6.07, 6.45) is 13.7. The van der Waals surface area contributed by atoms with E-state index in [4.69, 9.17) is 13.1 Å². The minimum Gasteiger partial charge on any atom is -0.469 e. The lowest BCUT2D eigenvalue weighted by Gasteiger charge is -2.31. The van der Waals surface area contributed by atoms with Gasteiger partial charge in [-0.3, -0.25) is 17.7 Å². The number of unbranched alkanes of at least 4 members (excludes halogenated alkanes) is 2. The molecule has 2 aliphatic rings. The molecule has 0 bridgehead atoms. The van der Waals surface area contributed by atoms with E-state index in [1.807, 2.05) is 48.8 Å². The van der Waals surface area contributed by atoms with Crippen LogP contribution in [0.3, 0.4) is 0 Å². The van der Waals surface area contributed by atoms with Gasteiger partial charge in [-0.05, 0) is 114 Å². The summed E-state index contributed by atoms with van der Waals surface area (Å²) in [6, 6.07) is 15.7. The van der Waals surface area contributed by atoms with Crippen LogP contribution in [0.25, 0.3) is 0 Å². The molecule has 0 aromatic heterocycles. The Hall–Kier alpha value is -4.49. The van der Waals surface area contributed by atoms with E-state index in [-0.39, 0.29) is 20.7 Å². The summed E-state index contributed by atoms with van der Waals surface area (Å²) in [5.41, 5.74) is 3.74. The van der Waals surface area contributed by atoms with Gasteiger partial charge in [0.05, 0.1) is 36.5 Å². The van der Waals surface area contributed by atoms with Crippen molar-refractivity contribution in [3.8, 4) is 0 Å². The number of allylic oxidation sites excluding steroid dienone is 6. The van der Waals surface area contributed by atoms with E-state index in [2.05, 4.69) is 36.6 Å². The Labute approximate surface area is 373 Å². The van der Waals surface area contributed by atoms with Crippen LogP contribution in [0.2, 0.25) is 0 Å². The van der Waals surface area contributed by atoms with Crippen molar-refractivity contribution < 1.29 is 47.7 Å². The number of hydrogen-bond donors (Lipinski definition) is 1. The number of carbonyl (C=O) groups excluding carboxylic acids is 1. The van der Waals surface area contributed by atoms with Gasteiger partial charge in [0.25, 0.3) is 30.4 Å². The predicted octanol–water partition coefficient (Wildman–Crippen LogP) is 7.80. The van der Waals surface area contributed by atoms with E-state index in [1.165, 1.54) is 31.4 Å². The Morgan fingerprint density at radius 3 is 2.06 bits per heavy atom. The highest BCUT2D eigenvalue weighted by Crippen LogP contribution is 2.51. The molecule has 3 aromatic carbocycles. The molecule has 3 aromatic rings. The van der Waals surface area contributed by atoms with Crippen molar-refractivity contribution in [2.75, 3.05) is 52.4 Å². The molecule has 2 aliphatic heterocycles. The van der Waals surface area contributed by atoms with E-state index in [0.717, 1.165) is 76.5 Å². The molecule has 0 radical (unpaired) electrons. The molecule has 0 amide bonds. The van der Waals surface area contributed by atoms with Crippen molar-refractivity contribution in [3.63, 3.8) is 0 Å². The summed E-state index contributed by atoms with van der Waals surface area (Å²) in [5.74, 6) is -0.255. The summed E-state index contributed by atoms with van der Waals surface area (Å²) in [6.45, 7) is 13.6. The van der Waals surface area contributed by atoms with Crippen LogP contribution in [0.1, 0.15) is 84.3 Å². The number of anilines is 1. The molecular formula is C46H60N3O11S3+. The first kappa shape index (κ1) is 49.5. The fraction of sp³-hybridized carbons (Fsp3) is 0.435. The van der Waals surface area contributed by atoms with E-state index in [9.17, 15) is 34.6 Å². The summed E-state index contributed by atoms with van der Waals surface area (Å²) < 4.78 is 102. The standard InChI is InChI=1S/C46H59N3O11S3/c1-9-47(10-2)29-18-28-46(5)39-33-37(63(56,57)60-8)25-26-40(39)48(30-16-12-15-23-44(50)58-6)43(46)22-14-11-13-21-42-45(3,4)38-32-35(61(51,52)53)24-27-41(38)49(42)34-19-17-20-36(31-34)62(54,55)59-7/h11,13-14,17,19-22,24-27,31-33H,9-10,12,15-16,18,23,28-30H2,1-8H3/p+1. The number of ether oxygens (including phenoxy) is 1. The van der Waals surface area contributed by atoms with Crippen LogP contribution in [0.15, 0.2) is 111 Å². The van der Waals surface area contributed by atoms with Gasteiger partial charge in [-0.1, -0.05) is 44.6 Å². The molecular weight excluding hydrogens is 867 g/mol. The maximum Gasteiger partial charge on any atom is 0.305 e. The van der Waals surface area contributed by atoms with Crippen LogP contribution in [0.5, 0.6) is 0 Å². The zero-order valence-electron chi connectivity index (χ0n) is 37.3. The van der Waals surface area contributed by atoms with E-state index in [0.29, 0.717) is 42.0 Å². The molecule has 2 heterocycles. The molecule has 1 N–H and O–H groups in total. The maximum absolute atomic E-state index is 13.0. The first-order valence-corrected chi connectivity index (χ1v) is 25.2. The average Bonchev–Trinajstić information content (AvgIpc) is 3.63. The van der Waals surface area contributed by atoms with Crippen LogP contribution in [-0.4, -0.2) is 93.9 Å². The Balaban J connectivity index is 1.61. The number of rotatable bonds is 21. The smallest absolute Gasteiger partial charge is 0.305 e. The van der Waals surface area contributed by atoms with Gasteiger partial charge in [-0.2, -0.15) is 29.8 Å². The van der Waals surface area contributed by atoms with E-state index in [1.54, 1.807) is 30.3 Å². The van der Waals surface area contributed by atoms with Gasteiger partial charge in [0.2, 0.25) is 11.4 Å². The Morgan fingerprint density at radius 1 is 0.778 bits per heavy atom. The lowest BCUT2D eigenvalue weighted by molar-refractivity contribution is -0.140. The quantitative estimate of drug-likeness (QED) is 0.0274. The van der Waals surface area contributed by atoms with Crippen molar-refractivity contribution in [2.24, 2.45) is 0 Å². The molecule has 342 valence electrons. The van der Waals surface area contributed by atoms with Gasteiger partial charge >= 0.3 is 5.97 Å². The first-order valence-electron chi connectivity index (χ1n) is 21.0. The van der Waals surface area contributed by atoms with Gasteiger partial charge in [-0.15, -0.1) is 0 Å². The van der Waals surface area contributed by atoms with Crippen LogP contribution in [0.4, 0.5) is 17.1 Å². The predicted molar refractivity (Wildman–Crippen MR) is 246 cm³/mol. The third-order valence-corrected chi connectivity index (χ3v) is 15.5. The Morgan fingerprint density at radius 2 is 1.43 bits per heavy atom. The molecule has 0 spiro atoms. The highest BCUT2D eigenvalue weighted by atomic mass is 32.2. The molecule has 1 atom stereocenters. The molecule has 5 rings (SSSR count). The number of hydrogen-bond acceptors (Lipinski definition) is 12. The Kier molecular flexibility index (Phi) is 15.8. The van der Waals surface area contributed by atoms with Crippen LogP contribution < -0.4 is 9.48 Å². The second-order valence-corrected chi connectivity index (χ2v) is 21.1. The molecule has 17 heteroatoms. The van der Waals surface area contributed by atoms with Gasteiger partial charge in [-0.25, -0.2) is 0 Å². The SMILES string of the molecule is CCN(CC)CCCC1(C)C(=CC=CC=CC2=[N+](c3cccc(S(=O)(=O)OC)c3)c3ccc(S(=O)(=O)O)cc3C2(C)C)N(CCCCCC(=O)OC)c2ccc(S(=O)(=O)OC)cc21. The van der Waals surface area contributed by atoms with Crippen molar-refractivity contribution in [1.29, 1.82) is 0 Å². The highest BCUT2D eigenvalue weighted by Gasteiger charge is 2.47. The first-order chi connectivity index (χ1) is 29.7. The lowest BCUT2D eigenvalue weighted by Crippen LogP contribution is -2.31. The molecule has 14 nitrogen and oxygen atoms in total. The van der Waals surface area contributed by atoms with Gasteiger partial charge in [0.15, 0.2) is 5.71 Å². The maximum atomic E-state index is 13.0. The fourth-order valence-corrected chi connectivity index (χ4v) is 10.4. The average molecular weight is 927 g/mol. The molecule has 63 heavy (non-hydrogen) atoms. The van der Waals surface area contributed by atoms with Crippen molar-refractivity contribution in [1.82, 2.24) is 9.48 Å². The normalized spacial score (nSPS) is 18.3. The minimum absolute atomic E-state index is 0.0594. The number of methoxy groups -OCH3 is 1. The van der Waals surface area contributed by atoms with Gasteiger partial charge < -0.3 is 14.5 Å². The van der Waals surface area contributed by atoms with Crippen molar-refractivity contribution in [2.45, 2.75) is 98.7 Å². The van der Waals surface area contributed by atoms with Crippen molar-refractivity contribution >= 4 is 59.1 Å². The van der Waals surface area contributed by atoms with Crippen LogP contribution in [0, 0.1) is 0 Å². The number of esters is 1. The molecule has 1 unspecified atom stereocenters. The zero-order valence-corrected chi connectivity index (χ0v) is 39.8. The van der Waals surface area contributed by atoms with Crippen LogP contribution >= 0.6 is 0 Å². The second-order valence-electron chi connectivity index (χ2n) is 16.2. The third kappa shape index (κ3) is 10.7. The Bertz CT molecular complexity index is 2650. The van der Waals surface area contributed by atoms with Gasteiger partial charge in [0.1, 0.15) is 4.90 Å². The molecule has 0 aliphatic carbocycles. The summed E-state index contributed by atoms with van der Waals surface area (Å²) >= 11 is 0. The molecule has 0 saturated heterocycles. The summed E-state index contributed by atoms with van der Waals surface area (Å²) in [4.78, 5) is 16.2. The molecule has 0 fully saturated rings. The summed E-state index contributed by atoms with van der Waals surface area (Å²) in [7, 11) is -8.95. The largest absolute Gasteiger partial charge is 0.469 e. The monoisotopic (exact) mass is 926 g/mol. The number of nitrogens with zero attached hydrogens (tertiary/aromatic N) is 3. The highest BCUT2D eigenvalue weighted by molar-refractivity contribution is 7.87. The third-order valence-electron chi connectivity index (χ3n) is 12.1. The van der Waals surface area contributed by atoms with Gasteiger partial charge in [0, 0.05) is 59.6 Å². The van der Waals surface area contributed by atoms with Crippen molar-refractivity contribution in [3.05, 3.63) is 108 Å². The number of fused-ring (bicyclic) bond motifs is 2. The minimum atomic E-state index is -4.53. The van der Waals surface area contributed by atoms with E-state index < -0.39 is 41.2 Å². The number of carbonyl (C=O) groups is 1. The topological polar surface area (TPSA) is 177 Å². The van der Waals surface area contributed by atoms with E-state index >= 15 is 0 Å². The summed E-state index contributed by atoms with van der Waals surface area (Å²) in [5, 5.41) is 0. The zero-order chi connectivity index (χ0) is 46.4. The lowest BCUT2D eigenvalue weighted by atomic mass is 9.77. The number of benzene rings is 3. The second kappa shape index (κ2) is 20.1.